The molecule has 0 N–H and O–H groups in total. The van der Waals surface area contributed by atoms with Crippen LogP contribution in [0.4, 0.5) is 0 Å². The van der Waals surface area contributed by atoms with Crippen LogP contribution in [0.1, 0.15) is 19.8 Å². The van der Waals surface area contributed by atoms with Crippen LogP contribution < -0.4 is 0 Å². The van der Waals surface area contributed by atoms with Crippen molar-refractivity contribution < 1.29 is 21.1 Å². The van der Waals surface area contributed by atoms with Gasteiger partial charge in [0.25, 0.3) is 0 Å². The van der Waals surface area contributed by atoms with Gasteiger partial charge in [-0.25, -0.2) is 0 Å². The Balaban J connectivity index is 2.63. The van der Waals surface area contributed by atoms with Crippen molar-refractivity contribution in [1.29, 1.82) is 0 Å². The van der Waals surface area contributed by atoms with E-state index in [0.29, 0.717) is 3.47 Å². The van der Waals surface area contributed by atoms with Crippen LogP contribution in [-0.4, -0.2) is 3.47 Å². The van der Waals surface area contributed by atoms with Crippen LogP contribution in [0.3, 0.4) is 0 Å². The molecule has 1 unspecified atom stereocenters. The zero-order valence-corrected chi connectivity index (χ0v) is 6.80. The van der Waals surface area contributed by atoms with Crippen LogP contribution in [0, 0.1) is 0 Å². The average molecular weight is 286 g/mol. The van der Waals surface area contributed by atoms with Gasteiger partial charge in [-0.1, -0.05) is 0 Å². The minimum absolute atomic E-state index is 0.537. The third-order valence-electron chi connectivity index (χ3n) is 0.505. The molecule has 1 atom stereocenters. The first kappa shape index (κ1) is 7.09. The fourth-order valence-electron chi connectivity index (χ4n) is 0.216. The second kappa shape index (κ2) is 4.25. The third kappa shape index (κ3) is 5.09. The number of hydrogen-bond acceptors (Lipinski definition) is 1. The van der Waals surface area contributed by atoms with E-state index in [2.05, 4.69) is 40.6 Å². The molecule has 0 rings (SSSR count). The first-order valence-corrected chi connectivity index (χ1v) is 3.81. The molecule has 0 spiro atoms. The van der Waals surface area contributed by atoms with Crippen molar-refractivity contribution in [3.63, 3.8) is 0 Å². The monoisotopic (exact) mass is 286 g/mol. The molecule has 6 heavy (non-hydrogen) atoms. The van der Waals surface area contributed by atoms with E-state index in [1.165, 1.54) is 12.8 Å². The Bertz CT molecular complexity index is 28.7. The van der Waals surface area contributed by atoms with Crippen LogP contribution in [0.2, 0.25) is 0 Å². The van der Waals surface area contributed by atoms with Gasteiger partial charge >= 0.3 is 56.9 Å². The Hall–Kier alpha value is 1.09. The number of thiol groups is 1. The van der Waals surface area contributed by atoms with E-state index in [-0.39, 0.29) is 0 Å². The SMILES string of the molecule is CCC[CH](S)[Au]. The fourth-order valence-corrected chi connectivity index (χ4v) is 1.10. The van der Waals surface area contributed by atoms with Crippen molar-refractivity contribution in [2.45, 2.75) is 23.2 Å². The van der Waals surface area contributed by atoms with Gasteiger partial charge in [0.15, 0.2) is 0 Å². The van der Waals surface area contributed by atoms with Crippen LogP contribution in [0.15, 0.2) is 0 Å². The Morgan fingerprint density at radius 3 is 2.33 bits per heavy atom. The van der Waals surface area contributed by atoms with E-state index in [0.717, 1.165) is 0 Å². The summed E-state index contributed by atoms with van der Waals surface area (Å²) >= 11 is 6.62. The quantitative estimate of drug-likeness (QED) is 0.578. The maximum absolute atomic E-state index is 4.15. The summed E-state index contributed by atoms with van der Waals surface area (Å²) in [6.45, 7) is 2.16. The standard InChI is InChI=1S/C4H9S.Au/c1-2-3-4-5;/h4-5H,2-3H2,1H3;. The van der Waals surface area contributed by atoms with Crippen molar-refractivity contribution in [2.75, 3.05) is 0 Å². The Morgan fingerprint density at radius 1 is 1.83 bits per heavy atom. The molecule has 0 amide bonds. The summed E-state index contributed by atoms with van der Waals surface area (Å²) in [7, 11) is 0. The van der Waals surface area contributed by atoms with E-state index in [9.17, 15) is 0 Å². The molecule has 0 nitrogen and oxygen atoms in total. The summed E-state index contributed by atoms with van der Waals surface area (Å²) in [4.78, 5) is 0. The molecule has 0 aromatic carbocycles. The zero-order chi connectivity index (χ0) is 4.99. The molecule has 42 valence electrons. The van der Waals surface area contributed by atoms with Gasteiger partial charge in [-0.15, -0.1) is 0 Å². The third-order valence-corrected chi connectivity index (χ3v) is 1.39. The molecule has 0 aromatic heterocycles. The van der Waals surface area contributed by atoms with Crippen molar-refractivity contribution in [3.8, 4) is 0 Å². The van der Waals surface area contributed by atoms with Crippen molar-refractivity contribution >= 4 is 12.6 Å². The average Bonchev–Trinajstić information content (AvgIpc) is 1.35. The molecule has 2 heteroatoms. The molecular formula is C4H9AuS. The summed E-state index contributed by atoms with van der Waals surface area (Å²) in [5.41, 5.74) is 0. The number of hydrogen-bond donors (Lipinski definition) is 1. The van der Waals surface area contributed by atoms with Gasteiger partial charge in [-0.3, -0.25) is 0 Å². The van der Waals surface area contributed by atoms with Crippen molar-refractivity contribution in [1.82, 2.24) is 0 Å². The van der Waals surface area contributed by atoms with E-state index in [1.807, 2.05) is 0 Å². The summed E-state index contributed by atoms with van der Waals surface area (Å²) in [5.74, 6) is 0. The van der Waals surface area contributed by atoms with Crippen molar-refractivity contribution in [3.05, 3.63) is 0 Å². The van der Waals surface area contributed by atoms with Gasteiger partial charge in [0, 0.05) is 0 Å². The van der Waals surface area contributed by atoms with E-state index in [4.69, 9.17) is 0 Å². The molecule has 0 saturated carbocycles. The van der Waals surface area contributed by atoms with Crippen LogP contribution in [-0.2, 0) is 21.1 Å². The van der Waals surface area contributed by atoms with Crippen LogP contribution in [0.25, 0.3) is 0 Å². The second-order valence-corrected chi connectivity index (χ2v) is 4.26. The molecule has 0 aromatic rings. The first-order valence-electron chi connectivity index (χ1n) is 2.05. The minimum atomic E-state index is 0.537. The fraction of sp³-hybridized carbons (Fsp3) is 1.00. The van der Waals surface area contributed by atoms with Crippen molar-refractivity contribution in [2.24, 2.45) is 0 Å². The summed E-state index contributed by atoms with van der Waals surface area (Å²) in [6, 6.07) is 0. The molecular weight excluding hydrogens is 277 g/mol. The summed E-state index contributed by atoms with van der Waals surface area (Å²) < 4.78 is 0.537. The van der Waals surface area contributed by atoms with Gasteiger partial charge in [0.05, 0.1) is 0 Å². The number of rotatable bonds is 2. The molecule has 0 bridgehead atoms. The Labute approximate surface area is 57.0 Å². The normalized spacial score (nSPS) is 14.7. The Kier molecular flexibility index (Phi) is 5.03. The predicted molar refractivity (Wildman–Crippen MR) is 27.7 cm³/mol. The summed E-state index contributed by atoms with van der Waals surface area (Å²) in [6.07, 6.45) is 2.46. The zero-order valence-electron chi connectivity index (χ0n) is 3.74. The van der Waals surface area contributed by atoms with E-state index in [1.54, 1.807) is 0 Å². The maximum atomic E-state index is 4.15. The molecule has 0 fully saturated rings. The van der Waals surface area contributed by atoms with Gasteiger partial charge in [0.2, 0.25) is 0 Å². The Morgan fingerprint density at radius 2 is 2.33 bits per heavy atom. The molecule has 0 saturated heterocycles. The molecule has 0 aliphatic rings. The first-order chi connectivity index (χ1) is 2.77. The molecule has 0 heterocycles. The van der Waals surface area contributed by atoms with E-state index < -0.39 is 0 Å². The van der Waals surface area contributed by atoms with E-state index >= 15 is 0 Å². The van der Waals surface area contributed by atoms with Crippen LogP contribution in [0.5, 0.6) is 0 Å². The summed E-state index contributed by atoms with van der Waals surface area (Å²) in [5, 5.41) is 0. The van der Waals surface area contributed by atoms with Gasteiger partial charge in [-0.05, 0) is 0 Å². The van der Waals surface area contributed by atoms with Gasteiger partial charge in [0.1, 0.15) is 0 Å². The predicted octanol–water partition coefficient (Wildman–Crippen LogP) is 1.59. The van der Waals surface area contributed by atoms with Gasteiger partial charge < -0.3 is 0 Å². The van der Waals surface area contributed by atoms with Gasteiger partial charge in [-0.2, -0.15) is 0 Å². The molecule has 0 aliphatic heterocycles. The second-order valence-electron chi connectivity index (χ2n) is 1.17. The topological polar surface area (TPSA) is 0 Å². The molecule has 0 radical (unpaired) electrons. The molecule has 0 aliphatic carbocycles. The van der Waals surface area contributed by atoms with Crippen LogP contribution >= 0.6 is 12.6 Å².